The van der Waals surface area contributed by atoms with Gasteiger partial charge in [-0.05, 0) is 6.92 Å². The second-order valence-corrected chi connectivity index (χ2v) is 8.55. The minimum absolute atomic E-state index is 0.0668. The molecule has 192 valence electrons. The smallest absolute Gasteiger partial charge is 0.266 e. The molecule has 1 saturated carbocycles. The molecule has 0 radical (unpaired) electrons. The highest BCUT2D eigenvalue weighted by Gasteiger charge is 2.46. The number of terminal acetylenes is 1. The topological polar surface area (TPSA) is 85.4 Å². The number of aromatic nitrogens is 2. The highest BCUT2D eigenvalue weighted by atomic mass is 19.3. The molecule has 1 atom stereocenters. The SMILES string of the molecule is C#CC(Nc1nc(C)nc(CC(=O)NC2CC(F)(F)C2)c1C1OCCO1)c1cccc(C(F)F)c1F. The molecule has 1 aromatic carbocycles. The Kier molecular flexibility index (Phi) is 7.42. The van der Waals surface area contributed by atoms with Crippen LogP contribution in [0.4, 0.5) is 27.8 Å². The van der Waals surface area contributed by atoms with Crippen molar-refractivity contribution in [2.24, 2.45) is 0 Å². The number of alkyl halides is 4. The number of hydrogen-bond acceptors (Lipinski definition) is 6. The third-order valence-corrected chi connectivity index (χ3v) is 5.83. The molecule has 36 heavy (non-hydrogen) atoms. The van der Waals surface area contributed by atoms with E-state index in [4.69, 9.17) is 15.9 Å². The number of amides is 1. The number of halogens is 5. The van der Waals surface area contributed by atoms with E-state index in [2.05, 4.69) is 26.5 Å². The summed E-state index contributed by atoms with van der Waals surface area (Å²) < 4.78 is 78.7. The predicted octanol–water partition coefficient (Wildman–Crippen LogP) is 4.15. The summed E-state index contributed by atoms with van der Waals surface area (Å²) in [7, 11) is 0. The maximum absolute atomic E-state index is 14.8. The number of carbonyl (C=O) groups is 1. The van der Waals surface area contributed by atoms with Gasteiger partial charge in [0.15, 0.2) is 6.29 Å². The van der Waals surface area contributed by atoms with E-state index < -0.39 is 60.9 Å². The fourth-order valence-corrected chi connectivity index (χ4v) is 4.16. The second-order valence-electron chi connectivity index (χ2n) is 8.55. The zero-order chi connectivity index (χ0) is 26.0. The summed E-state index contributed by atoms with van der Waals surface area (Å²) in [6.07, 6.45) is 0.402. The summed E-state index contributed by atoms with van der Waals surface area (Å²) in [5.41, 5.74) is -0.582. The summed E-state index contributed by atoms with van der Waals surface area (Å²) in [5.74, 6) is -1.87. The Balaban J connectivity index is 1.65. The molecule has 12 heteroatoms. The fraction of sp³-hybridized carbons (Fsp3) is 0.458. The van der Waals surface area contributed by atoms with E-state index in [0.29, 0.717) is 0 Å². The largest absolute Gasteiger partial charge is 0.353 e. The Morgan fingerprint density at radius 1 is 1.22 bits per heavy atom. The van der Waals surface area contributed by atoms with Gasteiger partial charge in [-0.2, -0.15) is 0 Å². The molecule has 1 unspecified atom stereocenters. The molecule has 1 aromatic heterocycles. The molecule has 1 saturated heterocycles. The first kappa shape index (κ1) is 25.8. The van der Waals surface area contributed by atoms with Crippen LogP contribution in [0.25, 0.3) is 0 Å². The van der Waals surface area contributed by atoms with Crippen molar-refractivity contribution < 1.29 is 36.2 Å². The molecule has 2 heterocycles. The quantitative estimate of drug-likeness (QED) is 0.410. The lowest BCUT2D eigenvalue weighted by atomic mass is 9.88. The molecule has 2 N–H and O–H groups in total. The van der Waals surface area contributed by atoms with E-state index >= 15 is 0 Å². The highest BCUT2D eigenvalue weighted by Crippen LogP contribution is 2.38. The first-order chi connectivity index (χ1) is 17.1. The van der Waals surface area contributed by atoms with Crippen LogP contribution in [-0.2, 0) is 20.7 Å². The van der Waals surface area contributed by atoms with Gasteiger partial charge >= 0.3 is 0 Å². The number of aryl methyl sites for hydroxylation is 1. The monoisotopic (exact) mass is 510 g/mol. The van der Waals surface area contributed by atoms with Gasteiger partial charge in [0.2, 0.25) is 5.91 Å². The molecule has 2 aliphatic rings. The normalized spacial score (nSPS) is 18.5. The summed E-state index contributed by atoms with van der Waals surface area (Å²) in [4.78, 5) is 21.2. The number of benzene rings is 1. The van der Waals surface area contributed by atoms with E-state index in [0.717, 1.165) is 6.07 Å². The van der Waals surface area contributed by atoms with Crippen LogP contribution in [0, 0.1) is 25.1 Å². The van der Waals surface area contributed by atoms with Crippen LogP contribution in [0.15, 0.2) is 18.2 Å². The zero-order valence-electron chi connectivity index (χ0n) is 19.2. The number of rotatable bonds is 8. The summed E-state index contributed by atoms with van der Waals surface area (Å²) in [6.45, 7) is 2.02. The van der Waals surface area contributed by atoms with E-state index in [1.54, 1.807) is 6.92 Å². The van der Waals surface area contributed by atoms with Crippen molar-refractivity contribution in [2.75, 3.05) is 18.5 Å². The Labute approximate surface area is 203 Å². The number of carbonyl (C=O) groups excluding carboxylic acids is 1. The van der Waals surface area contributed by atoms with Crippen LogP contribution in [-0.4, -0.2) is 41.1 Å². The number of nitrogens with one attached hydrogen (secondary N) is 2. The molecule has 7 nitrogen and oxygen atoms in total. The van der Waals surface area contributed by atoms with Gasteiger partial charge in [0, 0.05) is 24.4 Å². The Bertz CT molecular complexity index is 1170. The van der Waals surface area contributed by atoms with Crippen molar-refractivity contribution >= 4 is 11.7 Å². The van der Waals surface area contributed by atoms with Crippen molar-refractivity contribution in [1.29, 1.82) is 0 Å². The van der Waals surface area contributed by atoms with Gasteiger partial charge in [0.05, 0.1) is 36.5 Å². The first-order valence-corrected chi connectivity index (χ1v) is 11.1. The van der Waals surface area contributed by atoms with E-state index in [9.17, 15) is 26.7 Å². The van der Waals surface area contributed by atoms with Crippen LogP contribution >= 0.6 is 0 Å². The maximum atomic E-state index is 14.8. The van der Waals surface area contributed by atoms with Crippen LogP contribution in [0.2, 0.25) is 0 Å². The minimum Gasteiger partial charge on any atom is -0.353 e. The van der Waals surface area contributed by atoms with Crippen LogP contribution < -0.4 is 10.6 Å². The van der Waals surface area contributed by atoms with Crippen molar-refractivity contribution in [2.45, 2.75) is 56.9 Å². The maximum Gasteiger partial charge on any atom is 0.266 e. The van der Waals surface area contributed by atoms with Crippen molar-refractivity contribution in [1.82, 2.24) is 15.3 Å². The molecule has 1 amide bonds. The van der Waals surface area contributed by atoms with Gasteiger partial charge in [-0.3, -0.25) is 4.79 Å². The lowest BCUT2D eigenvalue weighted by Gasteiger charge is -2.35. The van der Waals surface area contributed by atoms with Crippen LogP contribution in [0.5, 0.6) is 0 Å². The third kappa shape index (κ3) is 5.57. The molecule has 2 aromatic rings. The lowest BCUT2D eigenvalue weighted by Crippen LogP contribution is -2.50. The van der Waals surface area contributed by atoms with Crippen molar-refractivity contribution in [3.05, 3.63) is 52.2 Å². The number of hydrogen-bond donors (Lipinski definition) is 2. The number of ether oxygens (including phenoxy) is 2. The second kappa shape index (κ2) is 10.4. The van der Waals surface area contributed by atoms with Gasteiger partial charge in [0.1, 0.15) is 23.5 Å². The van der Waals surface area contributed by atoms with E-state index in [1.807, 2.05) is 0 Å². The zero-order valence-corrected chi connectivity index (χ0v) is 19.2. The average molecular weight is 510 g/mol. The van der Waals surface area contributed by atoms with Gasteiger partial charge < -0.3 is 20.1 Å². The molecule has 1 aliphatic carbocycles. The van der Waals surface area contributed by atoms with Crippen molar-refractivity contribution in [3.63, 3.8) is 0 Å². The molecule has 0 spiro atoms. The van der Waals surface area contributed by atoms with Gasteiger partial charge in [-0.15, -0.1) is 6.42 Å². The standard InChI is InChI=1S/C24H23F5N4O3/c1-3-16(14-5-4-6-15(20(14)25)21(26)27)33-22-19(23-35-7-8-36-23)17(30-12(2)31-22)9-18(34)32-13-10-24(28,29)11-13/h1,4-6,13,16,21,23H,7-11H2,2H3,(H,32,34)(H,30,31,33). The number of anilines is 1. The molecule has 4 rings (SSSR count). The molecular weight excluding hydrogens is 487 g/mol. The highest BCUT2D eigenvalue weighted by molar-refractivity contribution is 5.79. The summed E-state index contributed by atoms with van der Waals surface area (Å²) >= 11 is 0. The van der Waals surface area contributed by atoms with Gasteiger partial charge in [0.25, 0.3) is 12.3 Å². The molecule has 2 fully saturated rings. The summed E-state index contributed by atoms with van der Waals surface area (Å²) in [5, 5.41) is 5.41. The Morgan fingerprint density at radius 3 is 2.50 bits per heavy atom. The lowest BCUT2D eigenvalue weighted by molar-refractivity contribution is -0.128. The van der Waals surface area contributed by atoms with Crippen LogP contribution in [0.1, 0.15) is 59.8 Å². The first-order valence-electron chi connectivity index (χ1n) is 11.1. The average Bonchev–Trinajstić information content (AvgIpc) is 3.30. The minimum atomic E-state index is -3.04. The fourth-order valence-electron chi connectivity index (χ4n) is 4.16. The van der Waals surface area contributed by atoms with Crippen molar-refractivity contribution in [3.8, 4) is 12.3 Å². The number of nitrogens with zero attached hydrogens (tertiary/aromatic N) is 2. The third-order valence-electron chi connectivity index (χ3n) is 5.83. The van der Waals surface area contributed by atoms with Crippen LogP contribution in [0.3, 0.4) is 0 Å². The predicted molar refractivity (Wildman–Crippen MR) is 118 cm³/mol. The molecule has 1 aliphatic heterocycles. The Morgan fingerprint density at radius 2 is 1.89 bits per heavy atom. The summed E-state index contributed by atoms with van der Waals surface area (Å²) in [6, 6.07) is 1.65. The Hall–Kier alpha value is -3.30. The molecular formula is C24H23F5N4O3. The van der Waals surface area contributed by atoms with E-state index in [1.165, 1.54) is 12.1 Å². The van der Waals surface area contributed by atoms with Gasteiger partial charge in [-0.25, -0.2) is 31.9 Å². The van der Waals surface area contributed by atoms with Gasteiger partial charge in [-0.1, -0.05) is 24.1 Å². The molecule has 0 bridgehead atoms. The van der Waals surface area contributed by atoms with E-state index in [-0.39, 0.29) is 48.1 Å².